The summed E-state index contributed by atoms with van der Waals surface area (Å²) in [7, 11) is 0. The van der Waals surface area contributed by atoms with E-state index in [0.717, 1.165) is 16.8 Å². The number of rotatable bonds is 2. The zero-order valence-corrected chi connectivity index (χ0v) is 10.8. The Morgan fingerprint density at radius 3 is 2.61 bits per heavy atom. The van der Waals surface area contributed by atoms with E-state index in [4.69, 9.17) is 11.6 Å². The molecule has 0 aliphatic carbocycles. The number of anilines is 1. The largest absolute Gasteiger partial charge is 0.320 e. The predicted octanol–water partition coefficient (Wildman–Crippen LogP) is 3.00. The molecule has 0 radical (unpaired) electrons. The maximum Gasteiger partial charge on any atom is 0.276 e. The Morgan fingerprint density at radius 1 is 1.17 bits per heavy atom. The first-order valence-corrected chi connectivity index (χ1v) is 5.82. The van der Waals surface area contributed by atoms with Crippen LogP contribution in [0.5, 0.6) is 0 Å². The molecule has 0 spiro atoms. The monoisotopic (exact) mass is 261 g/mol. The normalized spacial score (nSPS) is 10.2. The van der Waals surface area contributed by atoms with Crippen molar-refractivity contribution in [1.82, 2.24) is 10.2 Å². The molecule has 2 rings (SSSR count). The van der Waals surface area contributed by atoms with Gasteiger partial charge in [-0.3, -0.25) is 4.79 Å². The molecule has 0 aliphatic rings. The van der Waals surface area contributed by atoms with Crippen LogP contribution in [0.4, 0.5) is 5.69 Å². The molecule has 1 heterocycles. The number of hydrogen-bond donors (Lipinski definition) is 1. The van der Waals surface area contributed by atoms with Gasteiger partial charge in [0, 0.05) is 5.69 Å². The second kappa shape index (κ2) is 5.14. The average Bonchev–Trinajstić information content (AvgIpc) is 2.34. The summed E-state index contributed by atoms with van der Waals surface area (Å²) in [5.74, 6) is -0.298. The van der Waals surface area contributed by atoms with Crippen molar-refractivity contribution in [2.45, 2.75) is 13.8 Å². The zero-order valence-electron chi connectivity index (χ0n) is 10.1. The molecule has 0 fully saturated rings. The Balaban J connectivity index is 2.21. The lowest BCUT2D eigenvalue weighted by Crippen LogP contribution is -2.15. The lowest BCUT2D eigenvalue weighted by atomic mass is 10.1. The van der Waals surface area contributed by atoms with Gasteiger partial charge in [0.15, 0.2) is 10.8 Å². The number of aromatic nitrogens is 2. The Hall–Kier alpha value is -1.94. The molecule has 0 unspecified atom stereocenters. The van der Waals surface area contributed by atoms with Gasteiger partial charge >= 0.3 is 0 Å². The molecule has 0 saturated carbocycles. The summed E-state index contributed by atoms with van der Waals surface area (Å²) in [5, 5.41) is 10.4. The molecule has 1 N–H and O–H groups in total. The summed E-state index contributed by atoms with van der Waals surface area (Å²) in [6, 6.07) is 8.94. The number of benzene rings is 1. The highest BCUT2D eigenvalue weighted by Crippen LogP contribution is 2.17. The Labute approximate surface area is 110 Å². The lowest BCUT2D eigenvalue weighted by Gasteiger charge is -2.08. The maximum atomic E-state index is 11.9. The zero-order chi connectivity index (χ0) is 13.1. The molecule has 4 nitrogen and oxygen atoms in total. The molecule has 0 atom stereocenters. The summed E-state index contributed by atoms with van der Waals surface area (Å²) in [4.78, 5) is 11.9. The minimum atomic E-state index is -0.298. The summed E-state index contributed by atoms with van der Waals surface area (Å²) in [6.07, 6.45) is 0. The first kappa shape index (κ1) is 12.5. The fraction of sp³-hybridized carbons (Fsp3) is 0.154. The predicted molar refractivity (Wildman–Crippen MR) is 70.9 cm³/mol. The maximum absolute atomic E-state index is 11.9. The molecule has 1 aromatic heterocycles. The van der Waals surface area contributed by atoms with Crippen molar-refractivity contribution in [2.75, 3.05) is 5.32 Å². The number of aryl methyl sites for hydroxylation is 2. The van der Waals surface area contributed by atoms with Gasteiger partial charge < -0.3 is 5.32 Å². The SMILES string of the molecule is Cc1ccc(C)c(NC(=O)c2ccc(Cl)nn2)c1. The fourth-order valence-electron chi connectivity index (χ4n) is 1.49. The highest BCUT2D eigenvalue weighted by molar-refractivity contribution is 6.29. The van der Waals surface area contributed by atoms with Crippen molar-refractivity contribution in [3.8, 4) is 0 Å². The first-order valence-electron chi connectivity index (χ1n) is 5.44. The van der Waals surface area contributed by atoms with Crippen LogP contribution in [-0.4, -0.2) is 16.1 Å². The molecular weight excluding hydrogens is 250 g/mol. The number of hydrogen-bond acceptors (Lipinski definition) is 3. The third-order valence-corrected chi connectivity index (χ3v) is 2.71. The van der Waals surface area contributed by atoms with E-state index in [-0.39, 0.29) is 16.8 Å². The second-order valence-electron chi connectivity index (χ2n) is 4.01. The molecule has 92 valence electrons. The number of amides is 1. The van der Waals surface area contributed by atoms with Crippen molar-refractivity contribution in [3.05, 3.63) is 52.3 Å². The van der Waals surface area contributed by atoms with Gasteiger partial charge in [-0.25, -0.2) is 0 Å². The van der Waals surface area contributed by atoms with E-state index in [1.165, 1.54) is 12.1 Å². The Kier molecular flexibility index (Phi) is 3.58. The van der Waals surface area contributed by atoms with Gasteiger partial charge in [-0.15, -0.1) is 10.2 Å². The van der Waals surface area contributed by atoms with Gasteiger partial charge in [0.25, 0.3) is 5.91 Å². The highest BCUT2D eigenvalue weighted by atomic mass is 35.5. The summed E-state index contributed by atoms with van der Waals surface area (Å²) < 4.78 is 0. The van der Waals surface area contributed by atoms with Gasteiger partial charge in [0.2, 0.25) is 0 Å². The smallest absolute Gasteiger partial charge is 0.276 e. The molecule has 0 aliphatic heterocycles. The van der Waals surface area contributed by atoms with Crippen LogP contribution in [0.15, 0.2) is 30.3 Å². The van der Waals surface area contributed by atoms with Crippen LogP contribution in [0.3, 0.4) is 0 Å². The van der Waals surface area contributed by atoms with Gasteiger partial charge in [0.1, 0.15) is 0 Å². The lowest BCUT2D eigenvalue weighted by molar-refractivity contribution is 0.102. The van der Waals surface area contributed by atoms with Crippen molar-refractivity contribution < 1.29 is 4.79 Å². The quantitative estimate of drug-likeness (QED) is 0.904. The summed E-state index contributed by atoms with van der Waals surface area (Å²) >= 11 is 5.62. The van der Waals surface area contributed by atoms with E-state index in [0.29, 0.717) is 0 Å². The molecule has 1 amide bonds. The fourth-order valence-corrected chi connectivity index (χ4v) is 1.59. The van der Waals surface area contributed by atoms with E-state index in [2.05, 4.69) is 15.5 Å². The highest BCUT2D eigenvalue weighted by Gasteiger charge is 2.09. The average molecular weight is 262 g/mol. The standard InChI is InChI=1S/C13H12ClN3O/c1-8-3-4-9(2)11(7-8)15-13(18)10-5-6-12(14)17-16-10/h3-7H,1-2H3,(H,15,18). The van der Waals surface area contributed by atoms with Crippen molar-refractivity contribution in [1.29, 1.82) is 0 Å². The molecule has 1 aromatic carbocycles. The van der Waals surface area contributed by atoms with E-state index in [9.17, 15) is 4.79 Å². The van der Waals surface area contributed by atoms with Crippen LogP contribution >= 0.6 is 11.6 Å². The summed E-state index contributed by atoms with van der Waals surface area (Å²) in [5.41, 5.74) is 3.09. The number of carbonyl (C=O) groups is 1. The van der Waals surface area contributed by atoms with E-state index < -0.39 is 0 Å². The Morgan fingerprint density at radius 2 is 1.94 bits per heavy atom. The van der Waals surface area contributed by atoms with Gasteiger partial charge in [-0.1, -0.05) is 23.7 Å². The third-order valence-electron chi connectivity index (χ3n) is 2.51. The molecule has 0 bridgehead atoms. The van der Waals surface area contributed by atoms with Crippen molar-refractivity contribution in [3.63, 3.8) is 0 Å². The van der Waals surface area contributed by atoms with Gasteiger partial charge in [-0.05, 0) is 43.2 Å². The molecule has 2 aromatic rings. The van der Waals surface area contributed by atoms with Crippen LogP contribution in [0.1, 0.15) is 21.6 Å². The molecule has 5 heteroatoms. The van der Waals surface area contributed by atoms with Crippen molar-refractivity contribution >= 4 is 23.2 Å². The minimum absolute atomic E-state index is 0.236. The Bertz CT molecular complexity index is 581. The number of nitrogens with zero attached hydrogens (tertiary/aromatic N) is 2. The van der Waals surface area contributed by atoms with E-state index in [1.54, 1.807) is 0 Å². The minimum Gasteiger partial charge on any atom is -0.320 e. The third kappa shape index (κ3) is 2.84. The molecule has 18 heavy (non-hydrogen) atoms. The number of nitrogens with one attached hydrogen (secondary N) is 1. The number of carbonyl (C=O) groups excluding carboxylic acids is 1. The van der Waals surface area contributed by atoms with Crippen molar-refractivity contribution in [2.24, 2.45) is 0 Å². The second-order valence-corrected chi connectivity index (χ2v) is 4.40. The summed E-state index contributed by atoms with van der Waals surface area (Å²) in [6.45, 7) is 3.90. The van der Waals surface area contributed by atoms with Crippen LogP contribution in [0.2, 0.25) is 5.15 Å². The molecule has 0 saturated heterocycles. The van der Waals surface area contributed by atoms with Gasteiger partial charge in [0.05, 0.1) is 0 Å². The van der Waals surface area contributed by atoms with Crippen LogP contribution in [-0.2, 0) is 0 Å². The molecular formula is C13H12ClN3O. The first-order chi connectivity index (χ1) is 8.56. The van der Waals surface area contributed by atoms with E-state index >= 15 is 0 Å². The van der Waals surface area contributed by atoms with Crippen LogP contribution in [0, 0.1) is 13.8 Å². The van der Waals surface area contributed by atoms with Crippen LogP contribution in [0.25, 0.3) is 0 Å². The van der Waals surface area contributed by atoms with Crippen LogP contribution < -0.4 is 5.32 Å². The van der Waals surface area contributed by atoms with E-state index in [1.807, 2.05) is 32.0 Å². The number of halogens is 1. The topological polar surface area (TPSA) is 54.9 Å². The van der Waals surface area contributed by atoms with Gasteiger partial charge in [-0.2, -0.15) is 0 Å².